The van der Waals surface area contributed by atoms with Crippen LogP contribution in [0.25, 0.3) is 0 Å². The number of ether oxygens (including phenoxy) is 1. The highest BCUT2D eigenvalue weighted by atomic mass is 32.2. The number of carbonyl (C=O) groups is 2. The maximum Gasteiger partial charge on any atom is 0.490 e. The minimum absolute atomic E-state index is 0.256. The SMILES string of the molecule is Cc1ccc(N2CC3(CC(Oc4ccccn4)CS3)C2)nn1.O=C(O)C(F)(F)F.O=C(O)C(F)(F)F. The van der Waals surface area contributed by atoms with E-state index in [1.165, 1.54) is 0 Å². The van der Waals surface area contributed by atoms with Gasteiger partial charge in [-0.05, 0) is 25.1 Å². The van der Waals surface area contributed by atoms with Gasteiger partial charge in [0, 0.05) is 37.5 Å². The van der Waals surface area contributed by atoms with Gasteiger partial charge in [-0.3, -0.25) is 0 Å². The van der Waals surface area contributed by atoms with Gasteiger partial charge in [0.25, 0.3) is 0 Å². The third-order valence-corrected chi connectivity index (χ3v) is 6.23. The molecule has 1 atom stereocenters. The number of thioether (sulfide) groups is 1. The van der Waals surface area contributed by atoms with E-state index < -0.39 is 24.3 Å². The number of aromatic nitrogens is 3. The van der Waals surface area contributed by atoms with Crippen LogP contribution in [-0.2, 0) is 9.59 Å². The van der Waals surface area contributed by atoms with Gasteiger partial charge in [0.1, 0.15) is 6.10 Å². The van der Waals surface area contributed by atoms with Gasteiger partial charge in [-0.15, -0.1) is 16.9 Å². The lowest BCUT2D eigenvalue weighted by Crippen LogP contribution is -2.59. The molecule has 16 heteroatoms. The summed E-state index contributed by atoms with van der Waals surface area (Å²) in [7, 11) is 0. The van der Waals surface area contributed by atoms with Gasteiger partial charge in [-0.1, -0.05) is 6.07 Å². The predicted molar refractivity (Wildman–Crippen MR) is 115 cm³/mol. The van der Waals surface area contributed by atoms with E-state index in [0.717, 1.165) is 42.7 Å². The van der Waals surface area contributed by atoms with Crippen LogP contribution in [0, 0.1) is 6.92 Å². The van der Waals surface area contributed by atoms with Crippen molar-refractivity contribution in [2.45, 2.75) is 36.5 Å². The van der Waals surface area contributed by atoms with Crippen molar-refractivity contribution in [1.29, 1.82) is 0 Å². The number of pyridine rings is 1. The van der Waals surface area contributed by atoms with E-state index in [9.17, 15) is 26.3 Å². The summed E-state index contributed by atoms with van der Waals surface area (Å²) >= 11 is 2.02. The van der Waals surface area contributed by atoms with Crippen LogP contribution in [-0.4, -0.2) is 79.4 Å². The molecule has 2 aromatic rings. The molecule has 1 spiro atoms. The highest BCUT2D eigenvalue weighted by molar-refractivity contribution is 8.01. The fraction of sp³-hybridized carbons (Fsp3) is 0.450. The number of rotatable bonds is 3. The van der Waals surface area contributed by atoms with Gasteiger partial charge < -0.3 is 19.8 Å². The highest BCUT2D eigenvalue weighted by Crippen LogP contribution is 2.46. The van der Waals surface area contributed by atoms with Crippen molar-refractivity contribution in [1.82, 2.24) is 15.2 Å². The van der Waals surface area contributed by atoms with Crippen molar-refractivity contribution < 1.29 is 50.9 Å². The zero-order valence-electron chi connectivity index (χ0n) is 18.5. The van der Waals surface area contributed by atoms with E-state index in [1.54, 1.807) is 6.20 Å². The number of carboxylic acids is 2. The Labute approximate surface area is 204 Å². The average Bonchev–Trinajstić information content (AvgIpc) is 3.18. The monoisotopic (exact) mass is 542 g/mol. The van der Waals surface area contributed by atoms with Crippen LogP contribution in [0.5, 0.6) is 5.88 Å². The van der Waals surface area contributed by atoms with Gasteiger partial charge in [-0.25, -0.2) is 14.6 Å². The normalized spacial score (nSPS) is 18.2. The van der Waals surface area contributed by atoms with E-state index in [2.05, 4.69) is 26.1 Å². The van der Waals surface area contributed by atoms with E-state index in [-0.39, 0.29) is 6.10 Å². The zero-order chi connectivity index (χ0) is 27.1. The van der Waals surface area contributed by atoms with Crippen LogP contribution in [0.1, 0.15) is 12.1 Å². The standard InChI is InChI=1S/C16H18N4OS.2C2HF3O2/c1-12-5-6-14(19-18-12)20-10-16(11-20)8-13(9-22-16)21-15-4-2-3-7-17-15;2*3-2(4,5)1(6)7/h2-7,13H,8-11H2,1H3;2*(H,6,7). The van der Waals surface area contributed by atoms with Gasteiger partial charge in [0.2, 0.25) is 5.88 Å². The summed E-state index contributed by atoms with van der Waals surface area (Å²) < 4.78 is 69.8. The molecule has 2 aliphatic rings. The molecule has 2 aliphatic heterocycles. The summed E-state index contributed by atoms with van der Waals surface area (Å²) in [6, 6.07) is 9.86. The van der Waals surface area contributed by atoms with E-state index in [0.29, 0.717) is 4.75 Å². The molecule has 0 saturated carbocycles. The minimum atomic E-state index is -5.08. The van der Waals surface area contributed by atoms with Crippen LogP contribution in [0.4, 0.5) is 32.2 Å². The molecule has 9 nitrogen and oxygen atoms in total. The summed E-state index contributed by atoms with van der Waals surface area (Å²) in [5.41, 5.74) is 0.957. The lowest BCUT2D eigenvalue weighted by atomic mass is 9.93. The Morgan fingerprint density at radius 2 is 1.61 bits per heavy atom. The molecular weight excluding hydrogens is 522 g/mol. The van der Waals surface area contributed by atoms with Gasteiger partial charge in [0.05, 0.1) is 10.4 Å². The molecule has 2 N–H and O–H groups in total. The second-order valence-electron chi connectivity index (χ2n) is 7.60. The fourth-order valence-corrected chi connectivity index (χ4v) is 4.58. The van der Waals surface area contributed by atoms with Crippen molar-refractivity contribution in [3.05, 3.63) is 42.2 Å². The van der Waals surface area contributed by atoms with E-state index in [1.807, 2.05) is 43.0 Å². The fourth-order valence-electron chi connectivity index (χ4n) is 3.06. The third-order valence-electron chi connectivity index (χ3n) is 4.65. The first-order valence-corrected chi connectivity index (χ1v) is 11.0. The summed E-state index contributed by atoms with van der Waals surface area (Å²) in [5, 5.41) is 22.7. The number of aryl methyl sites for hydroxylation is 1. The molecule has 2 fully saturated rings. The molecule has 0 bridgehead atoms. The molecule has 1 unspecified atom stereocenters. The maximum atomic E-state index is 10.6. The molecule has 4 rings (SSSR count). The quantitative estimate of drug-likeness (QED) is 0.556. The first-order chi connectivity index (χ1) is 16.6. The van der Waals surface area contributed by atoms with Crippen LogP contribution >= 0.6 is 11.8 Å². The number of alkyl halides is 6. The van der Waals surface area contributed by atoms with E-state index in [4.69, 9.17) is 24.5 Å². The Hall–Kier alpha value is -3.30. The second-order valence-corrected chi connectivity index (χ2v) is 9.09. The number of carboxylic acid groups (broad SMARTS) is 2. The smallest absolute Gasteiger partial charge is 0.475 e. The summed E-state index contributed by atoms with van der Waals surface area (Å²) in [5.74, 6) is -2.78. The van der Waals surface area contributed by atoms with Crippen molar-refractivity contribution in [3.63, 3.8) is 0 Å². The number of nitrogens with zero attached hydrogens (tertiary/aromatic N) is 4. The number of halogens is 6. The maximum absolute atomic E-state index is 10.6. The van der Waals surface area contributed by atoms with Crippen LogP contribution in [0.2, 0.25) is 0 Å². The Morgan fingerprint density at radius 3 is 2.06 bits per heavy atom. The molecule has 4 heterocycles. The lowest BCUT2D eigenvalue weighted by Gasteiger charge is -2.47. The van der Waals surface area contributed by atoms with Crippen molar-refractivity contribution in [2.75, 3.05) is 23.7 Å². The topological polar surface area (TPSA) is 126 Å². The number of hydrogen-bond donors (Lipinski definition) is 2. The third kappa shape index (κ3) is 8.73. The first-order valence-electron chi connectivity index (χ1n) is 9.98. The predicted octanol–water partition coefficient (Wildman–Crippen LogP) is 3.59. The molecular formula is C20H20F6N4O5S. The molecule has 0 aromatic carbocycles. The lowest BCUT2D eigenvalue weighted by molar-refractivity contribution is -0.193. The van der Waals surface area contributed by atoms with Gasteiger partial charge in [-0.2, -0.15) is 31.4 Å². The molecule has 0 amide bonds. The molecule has 0 aliphatic carbocycles. The Morgan fingerprint density at radius 1 is 1.03 bits per heavy atom. The van der Waals surface area contributed by atoms with Crippen molar-refractivity contribution >= 4 is 29.5 Å². The summed E-state index contributed by atoms with van der Waals surface area (Å²) in [6.45, 7) is 4.01. The molecule has 2 aromatic heterocycles. The highest BCUT2D eigenvalue weighted by Gasteiger charge is 2.50. The molecule has 2 saturated heterocycles. The number of hydrogen-bond acceptors (Lipinski definition) is 8. The van der Waals surface area contributed by atoms with Crippen molar-refractivity contribution in [3.8, 4) is 5.88 Å². The molecule has 36 heavy (non-hydrogen) atoms. The second kappa shape index (κ2) is 11.6. The largest absolute Gasteiger partial charge is 0.490 e. The number of anilines is 1. The van der Waals surface area contributed by atoms with Crippen molar-refractivity contribution in [2.24, 2.45) is 0 Å². The van der Waals surface area contributed by atoms with Crippen LogP contribution in [0.3, 0.4) is 0 Å². The first kappa shape index (κ1) is 28.9. The minimum Gasteiger partial charge on any atom is -0.475 e. The average molecular weight is 542 g/mol. The summed E-state index contributed by atoms with van der Waals surface area (Å²) in [4.78, 5) is 24.3. The zero-order valence-corrected chi connectivity index (χ0v) is 19.3. The van der Waals surface area contributed by atoms with E-state index >= 15 is 0 Å². The van der Waals surface area contributed by atoms with Gasteiger partial charge in [0.15, 0.2) is 5.82 Å². The van der Waals surface area contributed by atoms with Gasteiger partial charge >= 0.3 is 24.3 Å². The summed E-state index contributed by atoms with van der Waals surface area (Å²) in [6.07, 6.45) is -7.07. The Kier molecular flexibility index (Phi) is 9.34. The molecule has 198 valence electrons. The van der Waals surface area contributed by atoms with Crippen LogP contribution < -0.4 is 9.64 Å². The molecule has 0 radical (unpaired) electrons. The van der Waals surface area contributed by atoms with Crippen LogP contribution in [0.15, 0.2) is 36.5 Å². The Balaban J connectivity index is 0.000000271. The Bertz CT molecular complexity index is 994. The number of aliphatic carboxylic acids is 2.